The molecule has 0 spiro atoms. The molecule has 190 valence electrons. The molecule has 0 fully saturated rings. The Labute approximate surface area is 205 Å². The van der Waals surface area contributed by atoms with Crippen LogP contribution in [-0.4, -0.2) is 6.61 Å². The molecule has 0 aliphatic heterocycles. The first-order valence-corrected chi connectivity index (χ1v) is 11.6. The van der Waals surface area contributed by atoms with Crippen LogP contribution in [0.3, 0.4) is 0 Å². The Balaban J connectivity index is 1.48. The number of hydrogen-bond acceptors (Lipinski definition) is 2. The van der Waals surface area contributed by atoms with Crippen molar-refractivity contribution in [3.8, 4) is 11.5 Å². The molecule has 0 radical (unpaired) electrons. The Hall–Kier alpha value is -3.42. The van der Waals surface area contributed by atoms with Crippen molar-refractivity contribution in [2.24, 2.45) is 0 Å². The molecule has 0 aromatic heterocycles. The van der Waals surface area contributed by atoms with Gasteiger partial charge in [-0.3, -0.25) is 0 Å². The van der Waals surface area contributed by atoms with Crippen molar-refractivity contribution >= 4 is 5.57 Å². The maximum absolute atomic E-state index is 14.9. The van der Waals surface area contributed by atoms with Crippen molar-refractivity contribution in [1.82, 2.24) is 0 Å². The molecule has 36 heavy (non-hydrogen) atoms. The maximum Gasteiger partial charge on any atom is 0.204 e. The summed E-state index contributed by atoms with van der Waals surface area (Å²) in [4.78, 5) is 0. The highest BCUT2D eigenvalue weighted by Gasteiger charge is 2.25. The van der Waals surface area contributed by atoms with E-state index in [0.717, 1.165) is 6.07 Å². The molecule has 1 aliphatic rings. The Bertz CT molecular complexity index is 1320. The summed E-state index contributed by atoms with van der Waals surface area (Å²) in [5.41, 5.74) is 1.00. The second-order valence-electron chi connectivity index (χ2n) is 8.61. The van der Waals surface area contributed by atoms with Crippen molar-refractivity contribution in [1.29, 1.82) is 0 Å². The first-order chi connectivity index (χ1) is 17.2. The van der Waals surface area contributed by atoms with Crippen LogP contribution in [-0.2, 0) is 6.61 Å². The van der Waals surface area contributed by atoms with Gasteiger partial charge in [-0.2, -0.15) is 8.78 Å². The fraction of sp³-hybridized carbons (Fsp3) is 0.286. The lowest BCUT2D eigenvalue weighted by atomic mass is 9.82. The summed E-state index contributed by atoms with van der Waals surface area (Å²) in [6.07, 6.45) is 2.84. The predicted molar refractivity (Wildman–Crippen MR) is 124 cm³/mol. The largest absolute Gasteiger partial charge is 0.491 e. The van der Waals surface area contributed by atoms with Crippen molar-refractivity contribution in [2.75, 3.05) is 6.61 Å². The minimum atomic E-state index is -1.28. The normalized spacial score (nSPS) is 15.6. The van der Waals surface area contributed by atoms with Gasteiger partial charge in [0.05, 0.1) is 6.61 Å². The summed E-state index contributed by atoms with van der Waals surface area (Å²) in [6.45, 7) is 2.73. The molecule has 0 heterocycles. The van der Waals surface area contributed by atoms with E-state index in [0.29, 0.717) is 24.8 Å². The summed E-state index contributed by atoms with van der Waals surface area (Å²) in [7, 11) is 0. The van der Waals surface area contributed by atoms with Crippen LogP contribution in [0.2, 0.25) is 0 Å². The zero-order valence-corrected chi connectivity index (χ0v) is 19.7. The third kappa shape index (κ3) is 4.94. The van der Waals surface area contributed by atoms with Gasteiger partial charge in [0.25, 0.3) is 0 Å². The third-order valence-corrected chi connectivity index (χ3v) is 6.36. The molecule has 1 aliphatic carbocycles. The SMILES string of the molecule is CCOc1ccc(OCc2ccc(C3CC=C(c4ccc(C)c(F)c4F)CC3)c(F)c2F)c(F)c1F. The van der Waals surface area contributed by atoms with Crippen molar-refractivity contribution in [3.05, 3.63) is 99.6 Å². The molecule has 0 bridgehead atoms. The van der Waals surface area contributed by atoms with Gasteiger partial charge in [-0.15, -0.1) is 0 Å². The van der Waals surface area contributed by atoms with Gasteiger partial charge in [0.1, 0.15) is 6.61 Å². The van der Waals surface area contributed by atoms with Crippen LogP contribution in [0, 0.1) is 41.8 Å². The highest BCUT2D eigenvalue weighted by Crippen LogP contribution is 2.39. The van der Waals surface area contributed by atoms with Gasteiger partial charge in [-0.25, -0.2) is 17.6 Å². The smallest absolute Gasteiger partial charge is 0.204 e. The lowest BCUT2D eigenvalue weighted by Crippen LogP contribution is -2.10. The van der Waals surface area contributed by atoms with E-state index in [4.69, 9.17) is 9.47 Å². The van der Waals surface area contributed by atoms with Crippen LogP contribution in [0.25, 0.3) is 5.57 Å². The average molecular weight is 506 g/mol. The summed E-state index contributed by atoms with van der Waals surface area (Å²) < 4.78 is 96.4. The second-order valence-corrected chi connectivity index (χ2v) is 8.61. The number of halogens is 6. The highest BCUT2D eigenvalue weighted by atomic mass is 19.2. The molecule has 3 aromatic carbocycles. The fourth-order valence-corrected chi connectivity index (χ4v) is 4.33. The quantitative estimate of drug-likeness (QED) is 0.301. The summed E-state index contributed by atoms with van der Waals surface area (Å²) in [5.74, 6) is -7.59. The molecule has 0 N–H and O–H groups in total. The van der Waals surface area contributed by atoms with E-state index in [-0.39, 0.29) is 40.5 Å². The maximum atomic E-state index is 14.9. The Kier molecular flexibility index (Phi) is 7.62. The van der Waals surface area contributed by atoms with Gasteiger partial charge in [0.15, 0.2) is 34.8 Å². The van der Waals surface area contributed by atoms with Crippen LogP contribution in [0.5, 0.6) is 11.5 Å². The van der Waals surface area contributed by atoms with Crippen LogP contribution in [0.1, 0.15) is 54.4 Å². The van der Waals surface area contributed by atoms with E-state index in [2.05, 4.69) is 0 Å². The topological polar surface area (TPSA) is 18.5 Å². The summed E-state index contributed by atoms with van der Waals surface area (Å²) in [5, 5.41) is 0. The predicted octanol–water partition coefficient (Wildman–Crippen LogP) is 8.16. The molecule has 1 atom stereocenters. The molecule has 0 saturated carbocycles. The van der Waals surface area contributed by atoms with Gasteiger partial charge in [0, 0.05) is 11.1 Å². The molecule has 4 rings (SSSR count). The number of allylic oxidation sites excluding steroid dienone is 2. The van der Waals surface area contributed by atoms with Crippen LogP contribution >= 0.6 is 0 Å². The van der Waals surface area contributed by atoms with Crippen molar-refractivity contribution in [2.45, 2.75) is 45.6 Å². The average Bonchev–Trinajstić information content (AvgIpc) is 2.88. The van der Waals surface area contributed by atoms with E-state index in [1.165, 1.54) is 37.3 Å². The van der Waals surface area contributed by atoms with Crippen LogP contribution in [0.15, 0.2) is 42.5 Å². The molecular weight excluding hydrogens is 482 g/mol. The molecule has 8 heteroatoms. The first-order valence-electron chi connectivity index (χ1n) is 11.6. The van der Waals surface area contributed by atoms with Crippen LogP contribution < -0.4 is 9.47 Å². The zero-order valence-electron chi connectivity index (χ0n) is 19.7. The molecular formula is C28H24F6O2. The number of rotatable bonds is 7. The minimum absolute atomic E-state index is 0.146. The lowest BCUT2D eigenvalue weighted by Gasteiger charge is -2.24. The number of hydrogen-bond donors (Lipinski definition) is 0. The van der Waals surface area contributed by atoms with Crippen LogP contribution in [0.4, 0.5) is 26.3 Å². The highest BCUT2D eigenvalue weighted by molar-refractivity contribution is 5.67. The molecule has 0 amide bonds. The summed E-state index contributed by atoms with van der Waals surface area (Å²) >= 11 is 0. The van der Waals surface area contributed by atoms with Gasteiger partial charge < -0.3 is 9.47 Å². The fourth-order valence-electron chi connectivity index (χ4n) is 4.33. The van der Waals surface area contributed by atoms with E-state index >= 15 is 0 Å². The monoisotopic (exact) mass is 506 g/mol. The number of ether oxygens (including phenoxy) is 2. The molecule has 3 aromatic rings. The van der Waals surface area contributed by atoms with Gasteiger partial charge in [-0.1, -0.05) is 30.3 Å². The first kappa shape index (κ1) is 25.7. The van der Waals surface area contributed by atoms with E-state index < -0.39 is 47.3 Å². The van der Waals surface area contributed by atoms with Gasteiger partial charge in [-0.05, 0) is 67.9 Å². The molecule has 1 unspecified atom stereocenters. The Morgan fingerprint density at radius 3 is 2.08 bits per heavy atom. The molecule has 0 saturated heterocycles. The second kappa shape index (κ2) is 10.7. The Morgan fingerprint density at radius 1 is 0.750 bits per heavy atom. The lowest BCUT2D eigenvalue weighted by molar-refractivity contribution is 0.269. The standard InChI is InChI=1S/C28H24F6O2/c1-3-35-21-12-13-22(28(34)27(21)33)36-14-18-9-11-20(26(32)24(18)30)17-7-5-16(6-8-17)19-10-4-15(2)23(29)25(19)31/h4-5,9-13,17H,3,6-8,14H2,1-2H3. The number of aryl methyl sites for hydroxylation is 1. The van der Waals surface area contributed by atoms with E-state index in [1.54, 1.807) is 13.0 Å². The third-order valence-electron chi connectivity index (χ3n) is 6.36. The van der Waals surface area contributed by atoms with Gasteiger partial charge >= 0.3 is 0 Å². The Morgan fingerprint density at radius 2 is 1.44 bits per heavy atom. The van der Waals surface area contributed by atoms with E-state index in [1.807, 2.05) is 0 Å². The minimum Gasteiger partial charge on any atom is -0.491 e. The van der Waals surface area contributed by atoms with Crippen molar-refractivity contribution < 1.29 is 35.8 Å². The number of benzene rings is 3. The summed E-state index contributed by atoms with van der Waals surface area (Å²) in [6, 6.07) is 8.14. The molecule has 2 nitrogen and oxygen atoms in total. The van der Waals surface area contributed by atoms with Crippen molar-refractivity contribution in [3.63, 3.8) is 0 Å². The zero-order chi connectivity index (χ0) is 26.0. The van der Waals surface area contributed by atoms with Gasteiger partial charge in [0.2, 0.25) is 11.6 Å². The van der Waals surface area contributed by atoms with E-state index in [9.17, 15) is 26.3 Å².